The largest absolute Gasteiger partial charge is 0.352 e. The van der Waals surface area contributed by atoms with Gasteiger partial charge in [-0.3, -0.25) is 14.2 Å². The third kappa shape index (κ3) is 4.65. The Labute approximate surface area is 167 Å². The van der Waals surface area contributed by atoms with Crippen molar-refractivity contribution in [2.24, 2.45) is 5.92 Å². The van der Waals surface area contributed by atoms with Crippen LogP contribution in [0, 0.1) is 11.7 Å². The summed E-state index contributed by atoms with van der Waals surface area (Å²) in [7, 11) is 0. The van der Waals surface area contributed by atoms with Gasteiger partial charge in [0.25, 0.3) is 5.56 Å². The zero-order valence-electron chi connectivity index (χ0n) is 16.2. The van der Waals surface area contributed by atoms with Gasteiger partial charge in [-0.05, 0) is 43.4 Å². The predicted octanol–water partition coefficient (Wildman–Crippen LogP) is 4.21. The highest BCUT2D eigenvalue weighted by molar-refractivity contribution is 7.17. The number of aromatic nitrogens is 2. The molecule has 0 radical (unpaired) electrons. The highest BCUT2D eigenvalue weighted by Gasteiger charge is 2.15. The number of amides is 1. The van der Waals surface area contributed by atoms with E-state index in [4.69, 9.17) is 0 Å². The lowest BCUT2D eigenvalue weighted by atomic mass is 10.0. The molecule has 0 saturated carbocycles. The number of rotatable bonds is 7. The summed E-state index contributed by atoms with van der Waals surface area (Å²) in [6.45, 7) is 6.19. The van der Waals surface area contributed by atoms with Gasteiger partial charge in [-0.1, -0.05) is 26.0 Å². The maximum absolute atomic E-state index is 13.2. The second-order valence-corrected chi connectivity index (χ2v) is 8.31. The van der Waals surface area contributed by atoms with Gasteiger partial charge in [0.1, 0.15) is 17.2 Å². The van der Waals surface area contributed by atoms with Gasteiger partial charge in [-0.15, -0.1) is 11.3 Å². The molecule has 7 heteroatoms. The zero-order chi connectivity index (χ0) is 20.3. The molecule has 148 valence electrons. The minimum Gasteiger partial charge on any atom is -0.352 e. The molecule has 0 bridgehead atoms. The summed E-state index contributed by atoms with van der Waals surface area (Å²) in [5.41, 5.74) is 1.18. The van der Waals surface area contributed by atoms with E-state index in [1.807, 2.05) is 12.3 Å². The molecule has 5 nitrogen and oxygen atoms in total. The Kier molecular flexibility index (Phi) is 6.24. The van der Waals surface area contributed by atoms with E-state index in [2.05, 4.69) is 24.1 Å². The number of hydrogen-bond donors (Lipinski definition) is 1. The summed E-state index contributed by atoms with van der Waals surface area (Å²) in [6, 6.07) is 6.05. The van der Waals surface area contributed by atoms with Crippen LogP contribution in [-0.2, 0) is 11.3 Å². The Morgan fingerprint density at radius 3 is 2.61 bits per heavy atom. The lowest BCUT2D eigenvalue weighted by molar-refractivity contribution is -0.122. The summed E-state index contributed by atoms with van der Waals surface area (Å²) in [4.78, 5) is 30.2. The standard InChI is InChI=1S/C21H24FN3O2S/c1-13(2)4-5-14(3)24-18(26)10-25-12-23-20-19(21(25)27)17(11-28-20)15-6-8-16(22)9-7-15/h6-9,11-14H,4-5,10H2,1-3H3,(H,24,26). The summed E-state index contributed by atoms with van der Waals surface area (Å²) >= 11 is 1.36. The molecule has 0 aliphatic heterocycles. The van der Waals surface area contributed by atoms with E-state index in [1.54, 1.807) is 12.1 Å². The molecule has 1 unspecified atom stereocenters. The predicted molar refractivity (Wildman–Crippen MR) is 111 cm³/mol. The van der Waals surface area contributed by atoms with Crippen molar-refractivity contribution in [2.75, 3.05) is 0 Å². The Morgan fingerprint density at radius 2 is 1.93 bits per heavy atom. The second-order valence-electron chi connectivity index (χ2n) is 7.45. The van der Waals surface area contributed by atoms with Crippen LogP contribution in [-0.4, -0.2) is 21.5 Å². The summed E-state index contributed by atoms with van der Waals surface area (Å²) in [6.07, 6.45) is 3.34. The van der Waals surface area contributed by atoms with E-state index in [9.17, 15) is 14.0 Å². The Bertz CT molecular complexity index is 1020. The van der Waals surface area contributed by atoms with Crippen LogP contribution in [0.5, 0.6) is 0 Å². The molecule has 1 N–H and O–H groups in total. The fourth-order valence-electron chi connectivity index (χ4n) is 3.05. The van der Waals surface area contributed by atoms with Crippen molar-refractivity contribution in [1.29, 1.82) is 0 Å². The van der Waals surface area contributed by atoms with Crippen molar-refractivity contribution < 1.29 is 9.18 Å². The molecule has 0 aliphatic carbocycles. The lowest BCUT2D eigenvalue weighted by Gasteiger charge is -2.15. The third-order valence-corrected chi connectivity index (χ3v) is 5.50. The molecule has 0 saturated heterocycles. The van der Waals surface area contributed by atoms with Gasteiger partial charge in [0.05, 0.1) is 11.7 Å². The molecule has 2 aromatic heterocycles. The molecule has 1 atom stereocenters. The van der Waals surface area contributed by atoms with E-state index >= 15 is 0 Å². The van der Waals surface area contributed by atoms with Gasteiger partial charge < -0.3 is 5.32 Å². The monoisotopic (exact) mass is 401 g/mol. The molecule has 1 amide bonds. The van der Waals surface area contributed by atoms with Crippen molar-refractivity contribution in [2.45, 2.75) is 46.2 Å². The smallest absolute Gasteiger partial charge is 0.263 e. The summed E-state index contributed by atoms with van der Waals surface area (Å²) in [5, 5.41) is 5.24. The van der Waals surface area contributed by atoms with Crippen LogP contribution in [0.2, 0.25) is 0 Å². The van der Waals surface area contributed by atoms with Gasteiger partial charge >= 0.3 is 0 Å². The quantitative estimate of drug-likeness (QED) is 0.645. The zero-order valence-corrected chi connectivity index (χ0v) is 17.1. The van der Waals surface area contributed by atoms with Crippen molar-refractivity contribution in [3.05, 3.63) is 52.1 Å². The lowest BCUT2D eigenvalue weighted by Crippen LogP contribution is -2.37. The number of nitrogens with one attached hydrogen (secondary N) is 1. The fourth-order valence-corrected chi connectivity index (χ4v) is 3.96. The molecule has 3 rings (SSSR count). The molecular weight excluding hydrogens is 377 g/mol. The first-order valence-electron chi connectivity index (χ1n) is 9.37. The fraction of sp³-hybridized carbons (Fsp3) is 0.381. The molecule has 28 heavy (non-hydrogen) atoms. The topological polar surface area (TPSA) is 64.0 Å². The average Bonchev–Trinajstić information content (AvgIpc) is 3.08. The Balaban J connectivity index is 1.82. The molecular formula is C21H24FN3O2S. The Morgan fingerprint density at radius 1 is 1.21 bits per heavy atom. The first kappa shape index (κ1) is 20.2. The molecule has 0 fully saturated rings. The van der Waals surface area contributed by atoms with E-state index in [0.717, 1.165) is 18.4 Å². The highest BCUT2D eigenvalue weighted by Crippen LogP contribution is 2.30. The maximum Gasteiger partial charge on any atom is 0.263 e. The molecule has 0 spiro atoms. The number of carbonyl (C=O) groups is 1. The third-order valence-electron chi connectivity index (χ3n) is 4.61. The summed E-state index contributed by atoms with van der Waals surface area (Å²) in [5.74, 6) is 0.0391. The first-order valence-corrected chi connectivity index (χ1v) is 10.2. The number of thiophene rings is 1. The average molecular weight is 402 g/mol. The molecule has 2 heterocycles. The van der Waals surface area contributed by atoms with E-state index < -0.39 is 0 Å². The molecule has 3 aromatic rings. The number of benzene rings is 1. The number of hydrogen-bond acceptors (Lipinski definition) is 4. The Hall–Kier alpha value is -2.54. The first-order chi connectivity index (χ1) is 13.3. The van der Waals surface area contributed by atoms with Gasteiger partial charge in [0, 0.05) is 17.0 Å². The van der Waals surface area contributed by atoms with Gasteiger partial charge in [-0.25, -0.2) is 9.37 Å². The number of halogens is 1. The van der Waals surface area contributed by atoms with Crippen LogP contribution in [0.25, 0.3) is 21.3 Å². The highest BCUT2D eigenvalue weighted by atomic mass is 32.1. The van der Waals surface area contributed by atoms with Crippen molar-refractivity contribution >= 4 is 27.5 Å². The van der Waals surface area contributed by atoms with Gasteiger partial charge in [-0.2, -0.15) is 0 Å². The van der Waals surface area contributed by atoms with Crippen LogP contribution in [0.1, 0.15) is 33.6 Å². The van der Waals surface area contributed by atoms with Crippen LogP contribution in [0.3, 0.4) is 0 Å². The van der Waals surface area contributed by atoms with Crippen LogP contribution in [0.4, 0.5) is 4.39 Å². The molecule has 0 aliphatic rings. The maximum atomic E-state index is 13.2. The number of carbonyl (C=O) groups excluding carboxylic acids is 1. The normalized spacial score (nSPS) is 12.5. The van der Waals surface area contributed by atoms with Crippen LogP contribution >= 0.6 is 11.3 Å². The SMILES string of the molecule is CC(C)CCC(C)NC(=O)Cn1cnc2scc(-c3ccc(F)cc3)c2c1=O. The molecule has 1 aromatic carbocycles. The van der Waals surface area contributed by atoms with Crippen LogP contribution < -0.4 is 10.9 Å². The van der Waals surface area contributed by atoms with Crippen molar-refractivity contribution in [3.63, 3.8) is 0 Å². The second kappa shape index (κ2) is 8.65. The van der Waals surface area contributed by atoms with Crippen molar-refractivity contribution in [1.82, 2.24) is 14.9 Å². The minimum atomic E-state index is -0.331. The van der Waals surface area contributed by atoms with E-state index in [-0.39, 0.29) is 29.9 Å². The van der Waals surface area contributed by atoms with E-state index in [0.29, 0.717) is 21.7 Å². The minimum absolute atomic E-state index is 0.0539. The van der Waals surface area contributed by atoms with Gasteiger partial charge in [0.15, 0.2) is 0 Å². The van der Waals surface area contributed by atoms with E-state index in [1.165, 1.54) is 34.4 Å². The number of nitrogens with zero attached hydrogens (tertiary/aromatic N) is 2. The van der Waals surface area contributed by atoms with Crippen LogP contribution in [0.15, 0.2) is 40.8 Å². The van der Waals surface area contributed by atoms with Crippen molar-refractivity contribution in [3.8, 4) is 11.1 Å². The number of fused-ring (bicyclic) bond motifs is 1. The van der Waals surface area contributed by atoms with Gasteiger partial charge in [0.2, 0.25) is 5.91 Å². The summed E-state index contributed by atoms with van der Waals surface area (Å²) < 4.78 is 14.5.